The molecule has 0 heterocycles. The summed E-state index contributed by atoms with van der Waals surface area (Å²) in [5, 5.41) is 23.1. The monoisotopic (exact) mass is 270 g/mol. The Morgan fingerprint density at radius 3 is 2.47 bits per heavy atom. The lowest BCUT2D eigenvalue weighted by Gasteiger charge is -2.14. The van der Waals surface area contributed by atoms with Gasteiger partial charge in [0.2, 0.25) is 5.75 Å². The van der Waals surface area contributed by atoms with E-state index in [9.17, 15) is 10.1 Å². The molecule has 0 spiro atoms. The number of ether oxygens (including phenoxy) is 2. The van der Waals surface area contributed by atoms with Crippen molar-refractivity contribution in [1.29, 1.82) is 0 Å². The summed E-state index contributed by atoms with van der Waals surface area (Å²) in [5.74, 6) is 0.429. The molecule has 0 aromatic heterocycles. The summed E-state index contributed by atoms with van der Waals surface area (Å²) in [7, 11) is 2.79. The van der Waals surface area contributed by atoms with E-state index in [1.54, 1.807) is 13.0 Å². The lowest BCUT2D eigenvalue weighted by atomic mass is 10.1. The summed E-state index contributed by atoms with van der Waals surface area (Å²) in [6, 6.07) is 2.98. The first-order chi connectivity index (χ1) is 9.01. The lowest BCUT2D eigenvalue weighted by Crippen LogP contribution is -2.24. The molecule has 0 amide bonds. The Bertz CT molecular complexity index is 448. The summed E-state index contributed by atoms with van der Waals surface area (Å²) in [4.78, 5) is 10.4. The van der Waals surface area contributed by atoms with E-state index >= 15 is 0 Å². The minimum atomic E-state index is -0.519. The molecular weight excluding hydrogens is 252 g/mol. The van der Waals surface area contributed by atoms with E-state index < -0.39 is 11.0 Å². The van der Waals surface area contributed by atoms with Gasteiger partial charge in [-0.25, -0.2) is 0 Å². The molecule has 1 aromatic carbocycles. The topological polar surface area (TPSA) is 93.9 Å². The summed E-state index contributed by atoms with van der Waals surface area (Å²) >= 11 is 0. The van der Waals surface area contributed by atoms with Gasteiger partial charge in [0.15, 0.2) is 5.75 Å². The van der Waals surface area contributed by atoms with Gasteiger partial charge in [-0.15, -0.1) is 0 Å². The predicted molar refractivity (Wildman–Crippen MR) is 69.6 cm³/mol. The minimum absolute atomic E-state index is 0.101. The number of hydrogen-bond acceptors (Lipinski definition) is 6. The van der Waals surface area contributed by atoms with Crippen LogP contribution in [0.25, 0.3) is 0 Å². The second kappa shape index (κ2) is 6.91. The third kappa shape index (κ3) is 3.80. The molecule has 0 aliphatic carbocycles. The molecule has 1 unspecified atom stereocenters. The highest BCUT2D eigenvalue weighted by molar-refractivity contribution is 5.59. The molecule has 0 saturated heterocycles. The zero-order chi connectivity index (χ0) is 14.4. The third-order valence-corrected chi connectivity index (χ3v) is 2.53. The number of nitrogens with one attached hydrogen (secondary N) is 1. The molecule has 1 rings (SSSR count). The highest BCUT2D eigenvalue weighted by atomic mass is 16.6. The number of hydrogen-bond donors (Lipinski definition) is 2. The van der Waals surface area contributed by atoms with Gasteiger partial charge in [-0.05, 0) is 13.0 Å². The van der Waals surface area contributed by atoms with Crippen molar-refractivity contribution < 1.29 is 19.5 Å². The van der Waals surface area contributed by atoms with E-state index in [1.807, 2.05) is 0 Å². The van der Waals surface area contributed by atoms with Crippen LogP contribution >= 0.6 is 0 Å². The first-order valence-corrected chi connectivity index (χ1v) is 5.78. The molecule has 1 atom stereocenters. The molecule has 0 bridgehead atoms. The summed E-state index contributed by atoms with van der Waals surface area (Å²) in [6.45, 7) is 2.51. The van der Waals surface area contributed by atoms with Crippen molar-refractivity contribution in [2.24, 2.45) is 0 Å². The molecular formula is C12H18N2O5. The number of nitro benzene ring substituents is 1. The van der Waals surface area contributed by atoms with Crippen LogP contribution in [0, 0.1) is 10.1 Å². The van der Waals surface area contributed by atoms with Crippen LogP contribution in [0.2, 0.25) is 0 Å². The third-order valence-electron chi connectivity index (χ3n) is 2.53. The zero-order valence-corrected chi connectivity index (χ0v) is 11.2. The fraction of sp³-hybridized carbons (Fsp3) is 0.500. The average molecular weight is 270 g/mol. The maximum absolute atomic E-state index is 10.9. The largest absolute Gasteiger partial charge is 0.492 e. The first-order valence-electron chi connectivity index (χ1n) is 5.78. The Kier molecular flexibility index (Phi) is 5.53. The summed E-state index contributed by atoms with van der Waals surface area (Å²) < 4.78 is 10.2. The molecule has 7 nitrogen and oxygen atoms in total. The lowest BCUT2D eigenvalue weighted by molar-refractivity contribution is -0.385. The molecule has 1 aromatic rings. The number of benzene rings is 1. The van der Waals surface area contributed by atoms with E-state index in [1.165, 1.54) is 20.3 Å². The van der Waals surface area contributed by atoms with Gasteiger partial charge in [-0.2, -0.15) is 0 Å². The zero-order valence-electron chi connectivity index (χ0n) is 11.2. The summed E-state index contributed by atoms with van der Waals surface area (Å²) in [6.07, 6.45) is -0.467. The Morgan fingerprint density at radius 2 is 2.00 bits per heavy atom. The maximum atomic E-state index is 10.9. The second-order valence-electron chi connectivity index (χ2n) is 4.05. The van der Waals surface area contributed by atoms with Gasteiger partial charge >= 0.3 is 5.69 Å². The van der Waals surface area contributed by atoms with Gasteiger partial charge in [0.25, 0.3) is 0 Å². The Labute approximate surface area is 111 Å². The molecule has 7 heteroatoms. The maximum Gasteiger partial charge on any atom is 0.314 e. The number of methoxy groups -OCH3 is 2. The van der Waals surface area contributed by atoms with Crippen molar-refractivity contribution in [3.8, 4) is 11.5 Å². The molecule has 19 heavy (non-hydrogen) atoms. The van der Waals surface area contributed by atoms with Crippen molar-refractivity contribution >= 4 is 5.69 Å². The molecule has 0 aliphatic heterocycles. The van der Waals surface area contributed by atoms with Crippen LogP contribution in [0.3, 0.4) is 0 Å². The molecule has 0 aliphatic rings. The van der Waals surface area contributed by atoms with Crippen LogP contribution < -0.4 is 14.8 Å². The molecule has 0 radical (unpaired) electrons. The van der Waals surface area contributed by atoms with E-state index in [2.05, 4.69) is 5.32 Å². The Morgan fingerprint density at radius 1 is 1.37 bits per heavy atom. The van der Waals surface area contributed by atoms with Crippen LogP contribution in [0.4, 0.5) is 5.69 Å². The highest BCUT2D eigenvalue weighted by Gasteiger charge is 2.22. The number of rotatable bonds is 7. The van der Waals surface area contributed by atoms with Gasteiger partial charge in [0.1, 0.15) is 0 Å². The van der Waals surface area contributed by atoms with Crippen molar-refractivity contribution in [3.63, 3.8) is 0 Å². The van der Waals surface area contributed by atoms with Crippen molar-refractivity contribution in [2.45, 2.75) is 19.6 Å². The minimum Gasteiger partial charge on any atom is -0.492 e. The van der Waals surface area contributed by atoms with Crippen molar-refractivity contribution in [1.82, 2.24) is 5.32 Å². The average Bonchev–Trinajstić information content (AvgIpc) is 2.36. The molecule has 0 saturated carbocycles. The van der Waals surface area contributed by atoms with Crippen LogP contribution in [-0.4, -0.2) is 36.9 Å². The molecule has 0 fully saturated rings. The van der Waals surface area contributed by atoms with Crippen molar-refractivity contribution in [2.75, 3.05) is 20.8 Å². The number of nitrogens with zero attached hydrogens (tertiary/aromatic N) is 1. The summed E-state index contributed by atoms with van der Waals surface area (Å²) in [5.41, 5.74) is 0.587. The van der Waals surface area contributed by atoms with E-state index in [0.29, 0.717) is 18.8 Å². The Hall–Kier alpha value is -1.86. The van der Waals surface area contributed by atoms with E-state index in [4.69, 9.17) is 14.6 Å². The van der Waals surface area contributed by atoms with E-state index in [0.717, 1.165) is 5.56 Å². The van der Waals surface area contributed by atoms with Crippen LogP contribution in [0.5, 0.6) is 11.5 Å². The SMILES string of the molecule is COc1c(CNCC(C)O)ccc([N+](=O)[O-])c1OC. The van der Waals surface area contributed by atoms with Gasteiger partial charge in [0, 0.05) is 24.7 Å². The number of nitro groups is 1. The Balaban J connectivity index is 3.02. The van der Waals surface area contributed by atoms with Gasteiger partial charge in [-0.1, -0.05) is 0 Å². The molecule has 106 valence electrons. The van der Waals surface area contributed by atoms with Crippen LogP contribution in [0.15, 0.2) is 12.1 Å². The number of aliphatic hydroxyl groups excluding tert-OH is 1. The normalized spacial score (nSPS) is 12.0. The standard InChI is InChI=1S/C12H18N2O5/c1-8(15)6-13-7-9-4-5-10(14(16)17)12(19-3)11(9)18-2/h4-5,8,13,15H,6-7H2,1-3H3. The molecule has 2 N–H and O–H groups in total. The van der Waals surface area contributed by atoms with Crippen LogP contribution in [0.1, 0.15) is 12.5 Å². The van der Waals surface area contributed by atoms with Gasteiger partial charge < -0.3 is 19.9 Å². The predicted octanol–water partition coefficient (Wildman–Crippen LogP) is 1.08. The second-order valence-corrected chi connectivity index (χ2v) is 4.05. The first kappa shape index (κ1) is 15.2. The quantitative estimate of drug-likeness (QED) is 0.569. The fourth-order valence-electron chi connectivity index (χ4n) is 1.71. The van der Waals surface area contributed by atoms with Gasteiger partial charge in [-0.3, -0.25) is 10.1 Å². The van der Waals surface area contributed by atoms with Gasteiger partial charge in [0.05, 0.1) is 25.2 Å². The number of aliphatic hydroxyl groups is 1. The fourth-order valence-corrected chi connectivity index (χ4v) is 1.71. The van der Waals surface area contributed by atoms with E-state index in [-0.39, 0.29) is 11.4 Å². The highest BCUT2D eigenvalue weighted by Crippen LogP contribution is 2.39. The smallest absolute Gasteiger partial charge is 0.314 e. The van der Waals surface area contributed by atoms with Crippen LogP contribution in [-0.2, 0) is 6.54 Å². The van der Waals surface area contributed by atoms with Crippen molar-refractivity contribution in [3.05, 3.63) is 27.8 Å².